The Morgan fingerprint density at radius 1 is 1.22 bits per heavy atom. The zero-order valence-corrected chi connectivity index (χ0v) is 12.1. The molecule has 2 heterocycles. The van der Waals surface area contributed by atoms with Gasteiger partial charge in [-0.2, -0.15) is 0 Å². The molecule has 0 saturated carbocycles. The molecule has 18 heavy (non-hydrogen) atoms. The number of aryl methyl sites for hydroxylation is 1. The van der Waals surface area contributed by atoms with Crippen LogP contribution < -0.4 is 5.32 Å². The minimum atomic E-state index is 0.377. The quantitative estimate of drug-likeness (QED) is 0.875. The Bertz CT molecular complexity index is 362. The Labute approximate surface area is 111 Å². The number of nitrogens with zero attached hydrogens (tertiary/aromatic N) is 1. The van der Waals surface area contributed by atoms with Crippen LogP contribution in [0.2, 0.25) is 0 Å². The van der Waals surface area contributed by atoms with Crippen molar-refractivity contribution in [3.05, 3.63) is 23.7 Å². The van der Waals surface area contributed by atoms with E-state index >= 15 is 0 Å². The smallest absolute Gasteiger partial charge is 0.121 e. The minimum Gasteiger partial charge on any atom is -0.465 e. The molecule has 0 aliphatic carbocycles. The van der Waals surface area contributed by atoms with E-state index in [9.17, 15) is 0 Å². The fourth-order valence-electron chi connectivity index (χ4n) is 2.75. The van der Waals surface area contributed by atoms with Crippen molar-refractivity contribution < 1.29 is 4.42 Å². The molecular weight excluding hydrogens is 224 g/mol. The highest BCUT2D eigenvalue weighted by atomic mass is 16.3. The van der Waals surface area contributed by atoms with Crippen LogP contribution in [0.4, 0.5) is 0 Å². The molecular formula is C15H26N2O. The summed E-state index contributed by atoms with van der Waals surface area (Å²) in [5.74, 6) is 3.49. The highest BCUT2D eigenvalue weighted by molar-refractivity contribution is 5.09. The van der Waals surface area contributed by atoms with Gasteiger partial charge in [0.05, 0.1) is 6.04 Å². The van der Waals surface area contributed by atoms with E-state index in [2.05, 4.69) is 43.1 Å². The molecule has 3 heteroatoms. The number of nitrogens with one attached hydrogen (secondary N) is 1. The summed E-state index contributed by atoms with van der Waals surface area (Å²) in [6, 6.07) is 4.55. The second-order valence-electron chi connectivity index (χ2n) is 5.95. The lowest BCUT2D eigenvalue weighted by Gasteiger charge is -2.35. The van der Waals surface area contributed by atoms with Gasteiger partial charge in [-0.15, -0.1) is 0 Å². The van der Waals surface area contributed by atoms with Crippen molar-refractivity contribution in [2.75, 3.05) is 26.2 Å². The average Bonchev–Trinajstić information content (AvgIpc) is 2.71. The molecule has 1 saturated heterocycles. The highest BCUT2D eigenvalue weighted by Gasteiger charge is 2.24. The lowest BCUT2D eigenvalue weighted by Crippen LogP contribution is -2.43. The number of furan rings is 1. The maximum absolute atomic E-state index is 5.78. The lowest BCUT2D eigenvalue weighted by molar-refractivity contribution is 0.128. The Morgan fingerprint density at radius 3 is 2.33 bits per heavy atom. The third kappa shape index (κ3) is 3.36. The van der Waals surface area contributed by atoms with Gasteiger partial charge >= 0.3 is 0 Å². The summed E-state index contributed by atoms with van der Waals surface area (Å²) in [4.78, 5) is 2.56. The zero-order valence-electron chi connectivity index (χ0n) is 12.1. The van der Waals surface area contributed by atoms with Crippen LogP contribution in [-0.4, -0.2) is 31.1 Å². The summed E-state index contributed by atoms with van der Waals surface area (Å²) in [7, 11) is 0. The van der Waals surface area contributed by atoms with Crippen LogP contribution in [0.5, 0.6) is 0 Å². The normalized spacial score (nSPS) is 28.7. The van der Waals surface area contributed by atoms with E-state index in [0.29, 0.717) is 17.9 Å². The summed E-state index contributed by atoms with van der Waals surface area (Å²) in [6.45, 7) is 13.4. The van der Waals surface area contributed by atoms with E-state index in [1.165, 1.54) is 0 Å². The maximum Gasteiger partial charge on any atom is 0.121 e. The molecule has 3 atom stereocenters. The van der Waals surface area contributed by atoms with Crippen molar-refractivity contribution >= 4 is 0 Å². The second-order valence-corrected chi connectivity index (χ2v) is 5.95. The third-order valence-corrected chi connectivity index (χ3v) is 3.80. The highest BCUT2D eigenvalue weighted by Crippen LogP contribution is 2.24. The molecule has 1 aromatic rings. The number of hydrogen-bond acceptors (Lipinski definition) is 3. The third-order valence-electron chi connectivity index (χ3n) is 3.80. The van der Waals surface area contributed by atoms with E-state index in [4.69, 9.17) is 4.42 Å². The van der Waals surface area contributed by atoms with Crippen LogP contribution >= 0.6 is 0 Å². The van der Waals surface area contributed by atoms with Crippen LogP contribution in [0.3, 0.4) is 0 Å². The largest absolute Gasteiger partial charge is 0.465 e. The SMILES string of the molecule is Cc1ccc(C(C)N2CC(C)CNCC(C)C2)o1. The first kappa shape index (κ1) is 13.6. The molecule has 3 nitrogen and oxygen atoms in total. The Morgan fingerprint density at radius 2 is 1.83 bits per heavy atom. The Kier molecular flexibility index (Phi) is 4.46. The van der Waals surface area contributed by atoms with Gasteiger partial charge < -0.3 is 9.73 Å². The first-order valence-electron chi connectivity index (χ1n) is 7.07. The average molecular weight is 250 g/mol. The fraction of sp³-hybridized carbons (Fsp3) is 0.733. The fourth-order valence-corrected chi connectivity index (χ4v) is 2.75. The van der Waals surface area contributed by atoms with E-state index in [0.717, 1.165) is 37.7 Å². The van der Waals surface area contributed by atoms with Gasteiger partial charge in [0.15, 0.2) is 0 Å². The van der Waals surface area contributed by atoms with E-state index < -0.39 is 0 Å². The minimum absolute atomic E-state index is 0.377. The monoisotopic (exact) mass is 250 g/mol. The molecule has 2 rings (SSSR count). The Balaban J connectivity index is 2.07. The molecule has 3 unspecified atom stereocenters. The van der Waals surface area contributed by atoms with Crippen molar-refractivity contribution in [2.45, 2.75) is 33.7 Å². The number of hydrogen-bond donors (Lipinski definition) is 1. The summed E-state index contributed by atoms with van der Waals surface area (Å²) in [5, 5.41) is 3.54. The Hall–Kier alpha value is -0.800. The van der Waals surface area contributed by atoms with Gasteiger partial charge in [0.1, 0.15) is 11.5 Å². The molecule has 1 fully saturated rings. The summed E-state index contributed by atoms with van der Waals surface area (Å²) in [6.07, 6.45) is 0. The van der Waals surface area contributed by atoms with Gasteiger partial charge in [0.25, 0.3) is 0 Å². The van der Waals surface area contributed by atoms with Crippen molar-refractivity contribution in [3.8, 4) is 0 Å². The van der Waals surface area contributed by atoms with Crippen molar-refractivity contribution in [2.24, 2.45) is 11.8 Å². The molecule has 102 valence electrons. The molecule has 1 aliphatic rings. The molecule has 0 amide bonds. The second kappa shape index (κ2) is 5.89. The summed E-state index contributed by atoms with van der Waals surface area (Å²) < 4.78 is 5.78. The molecule has 0 radical (unpaired) electrons. The van der Waals surface area contributed by atoms with Gasteiger partial charge in [-0.25, -0.2) is 0 Å². The van der Waals surface area contributed by atoms with Crippen LogP contribution in [0.25, 0.3) is 0 Å². The van der Waals surface area contributed by atoms with Gasteiger partial charge in [0.2, 0.25) is 0 Å². The van der Waals surface area contributed by atoms with Crippen LogP contribution in [0.15, 0.2) is 16.5 Å². The topological polar surface area (TPSA) is 28.4 Å². The van der Waals surface area contributed by atoms with Crippen LogP contribution in [-0.2, 0) is 0 Å². The van der Waals surface area contributed by atoms with Gasteiger partial charge in [-0.05, 0) is 50.9 Å². The predicted octanol–water partition coefficient (Wildman–Crippen LogP) is 2.83. The van der Waals surface area contributed by atoms with Crippen LogP contribution in [0, 0.1) is 18.8 Å². The predicted molar refractivity (Wildman–Crippen MR) is 74.6 cm³/mol. The van der Waals surface area contributed by atoms with Gasteiger partial charge in [-0.1, -0.05) is 13.8 Å². The molecule has 1 aromatic heterocycles. The molecule has 0 bridgehead atoms. The maximum atomic E-state index is 5.78. The standard InChI is InChI=1S/C15H26N2O/c1-11-7-16-8-12(2)10-17(9-11)14(4)15-6-5-13(3)18-15/h5-6,11-12,14,16H,7-10H2,1-4H3. The molecule has 1 aliphatic heterocycles. The molecule has 0 spiro atoms. The first-order chi connectivity index (χ1) is 8.56. The zero-order chi connectivity index (χ0) is 13.1. The van der Waals surface area contributed by atoms with E-state index in [-0.39, 0.29) is 0 Å². The first-order valence-corrected chi connectivity index (χ1v) is 7.07. The van der Waals surface area contributed by atoms with Crippen molar-refractivity contribution in [3.63, 3.8) is 0 Å². The molecule has 1 N–H and O–H groups in total. The summed E-state index contributed by atoms with van der Waals surface area (Å²) in [5.41, 5.74) is 0. The van der Waals surface area contributed by atoms with Crippen molar-refractivity contribution in [1.29, 1.82) is 0 Å². The van der Waals surface area contributed by atoms with E-state index in [1.54, 1.807) is 0 Å². The summed E-state index contributed by atoms with van der Waals surface area (Å²) >= 11 is 0. The van der Waals surface area contributed by atoms with Crippen LogP contribution in [0.1, 0.15) is 38.3 Å². The number of rotatable bonds is 2. The molecule has 0 aromatic carbocycles. The van der Waals surface area contributed by atoms with Gasteiger partial charge in [-0.3, -0.25) is 4.90 Å². The van der Waals surface area contributed by atoms with Crippen molar-refractivity contribution in [1.82, 2.24) is 10.2 Å². The van der Waals surface area contributed by atoms with Gasteiger partial charge in [0, 0.05) is 13.1 Å². The van der Waals surface area contributed by atoms with E-state index in [1.807, 2.05) is 6.92 Å². The lowest BCUT2D eigenvalue weighted by atomic mass is 10.0.